The molecule has 2 nitrogen and oxygen atoms in total. The molecule has 0 radical (unpaired) electrons. The van der Waals surface area contributed by atoms with Gasteiger partial charge < -0.3 is 4.57 Å². The van der Waals surface area contributed by atoms with Gasteiger partial charge in [-0.05, 0) is 85.3 Å². The van der Waals surface area contributed by atoms with E-state index in [0.717, 1.165) is 18.5 Å². The number of nitrogens with zero attached hydrogens (tertiary/aromatic N) is 2. The van der Waals surface area contributed by atoms with Crippen molar-refractivity contribution in [3.8, 4) is 11.8 Å². The average Bonchev–Trinajstić information content (AvgIpc) is 3.17. The summed E-state index contributed by atoms with van der Waals surface area (Å²) in [5.41, 5.74) is 7.17. The molecule has 1 heterocycles. The van der Waals surface area contributed by atoms with Crippen molar-refractivity contribution in [3.05, 3.63) is 77.4 Å². The third-order valence-corrected chi connectivity index (χ3v) is 6.79. The summed E-state index contributed by atoms with van der Waals surface area (Å²) in [6.45, 7) is 4.54. The van der Waals surface area contributed by atoms with Crippen molar-refractivity contribution in [1.82, 2.24) is 4.57 Å². The van der Waals surface area contributed by atoms with E-state index in [4.69, 9.17) is 0 Å². The highest BCUT2D eigenvalue weighted by Gasteiger charge is 2.14. The minimum absolute atomic E-state index is 0.697. The van der Waals surface area contributed by atoms with Crippen molar-refractivity contribution in [2.75, 3.05) is 0 Å². The second kappa shape index (κ2) is 11.2. The third-order valence-electron chi connectivity index (χ3n) is 6.79. The Morgan fingerprint density at radius 1 is 0.636 bits per heavy atom. The molecule has 0 fully saturated rings. The summed E-state index contributed by atoms with van der Waals surface area (Å²) < 4.78 is 2.35. The second-order valence-corrected chi connectivity index (χ2v) is 9.32. The molecule has 0 bridgehead atoms. The molecule has 33 heavy (non-hydrogen) atoms. The topological polar surface area (TPSA) is 28.7 Å². The van der Waals surface area contributed by atoms with Gasteiger partial charge in [0.1, 0.15) is 0 Å². The molecule has 2 heteroatoms. The van der Waals surface area contributed by atoms with E-state index in [1.165, 1.54) is 84.3 Å². The summed E-state index contributed by atoms with van der Waals surface area (Å²) in [7, 11) is 0. The van der Waals surface area contributed by atoms with Crippen LogP contribution in [-0.2, 0) is 12.8 Å². The molecule has 0 unspecified atom stereocenters. The standard InChI is InChI=1S/C31H36N2/c1-3-5-7-9-11-24-15-19-30-28(21-24)29-22-25(12-10-8-6-4-2)16-20-31(29)33(30)27-17-13-26(23-32)14-18-27/h13-22H,3-12H2,1-2H3. The molecule has 0 amide bonds. The van der Waals surface area contributed by atoms with E-state index in [-0.39, 0.29) is 0 Å². The first kappa shape index (κ1) is 23.1. The van der Waals surface area contributed by atoms with Crippen molar-refractivity contribution < 1.29 is 0 Å². The van der Waals surface area contributed by atoms with Gasteiger partial charge in [-0.3, -0.25) is 0 Å². The predicted molar refractivity (Wildman–Crippen MR) is 141 cm³/mol. The zero-order chi connectivity index (χ0) is 23.0. The van der Waals surface area contributed by atoms with Crippen LogP contribution >= 0.6 is 0 Å². The molecule has 3 aromatic carbocycles. The molecule has 0 aliphatic rings. The van der Waals surface area contributed by atoms with Crippen LogP contribution in [0.1, 0.15) is 81.9 Å². The van der Waals surface area contributed by atoms with Gasteiger partial charge in [-0.25, -0.2) is 0 Å². The molecule has 0 spiro atoms. The van der Waals surface area contributed by atoms with Gasteiger partial charge in [-0.2, -0.15) is 5.26 Å². The molecule has 0 N–H and O–H groups in total. The number of nitriles is 1. The van der Waals surface area contributed by atoms with Gasteiger partial charge >= 0.3 is 0 Å². The lowest BCUT2D eigenvalue weighted by Crippen LogP contribution is -1.94. The van der Waals surface area contributed by atoms with E-state index in [1.807, 2.05) is 12.1 Å². The summed E-state index contributed by atoms with van der Waals surface area (Å²) >= 11 is 0. The van der Waals surface area contributed by atoms with Crippen LogP contribution in [0, 0.1) is 11.3 Å². The average molecular weight is 437 g/mol. The van der Waals surface area contributed by atoms with Crippen LogP contribution in [0.3, 0.4) is 0 Å². The molecule has 4 aromatic rings. The van der Waals surface area contributed by atoms with Crippen molar-refractivity contribution >= 4 is 21.8 Å². The Hall–Kier alpha value is -3.05. The SMILES string of the molecule is CCCCCCc1ccc2c(c1)c1cc(CCCCCC)ccc1n2-c1ccc(C#N)cc1. The largest absolute Gasteiger partial charge is 0.309 e. The van der Waals surface area contributed by atoms with E-state index >= 15 is 0 Å². The highest BCUT2D eigenvalue weighted by atomic mass is 15.0. The monoisotopic (exact) mass is 436 g/mol. The van der Waals surface area contributed by atoms with Crippen LogP contribution in [0.2, 0.25) is 0 Å². The summed E-state index contributed by atoms with van der Waals surface area (Å²) in [6.07, 6.45) is 12.6. The number of unbranched alkanes of at least 4 members (excludes halogenated alkanes) is 6. The number of aromatic nitrogens is 1. The molecule has 4 rings (SSSR count). The van der Waals surface area contributed by atoms with E-state index in [9.17, 15) is 5.26 Å². The quantitative estimate of drug-likeness (QED) is 0.216. The second-order valence-electron chi connectivity index (χ2n) is 9.32. The summed E-state index contributed by atoms with van der Waals surface area (Å²) in [5.74, 6) is 0. The first-order valence-electron chi connectivity index (χ1n) is 12.8. The van der Waals surface area contributed by atoms with Crippen LogP contribution in [0.5, 0.6) is 0 Å². The number of aryl methyl sites for hydroxylation is 2. The fraction of sp³-hybridized carbons (Fsp3) is 0.387. The van der Waals surface area contributed by atoms with Crippen molar-refractivity contribution in [1.29, 1.82) is 5.26 Å². The van der Waals surface area contributed by atoms with E-state index in [0.29, 0.717) is 5.56 Å². The summed E-state index contributed by atoms with van der Waals surface area (Å²) in [4.78, 5) is 0. The molecule has 0 saturated carbocycles. The minimum atomic E-state index is 0.697. The Balaban J connectivity index is 1.76. The van der Waals surface area contributed by atoms with Gasteiger partial charge in [0.05, 0.1) is 22.7 Å². The molecule has 0 atom stereocenters. The third kappa shape index (κ3) is 5.31. The van der Waals surface area contributed by atoms with Gasteiger partial charge in [0.2, 0.25) is 0 Å². The number of fused-ring (bicyclic) bond motifs is 3. The normalized spacial score (nSPS) is 11.3. The highest BCUT2D eigenvalue weighted by molar-refractivity contribution is 6.09. The van der Waals surface area contributed by atoms with E-state index in [2.05, 4.69) is 73.0 Å². The molecule has 0 aliphatic heterocycles. The van der Waals surface area contributed by atoms with Gasteiger partial charge in [-0.1, -0.05) is 64.5 Å². The number of hydrogen-bond donors (Lipinski definition) is 0. The Bertz CT molecular complexity index is 1170. The van der Waals surface area contributed by atoms with Gasteiger partial charge in [-0.15, -0.1) is 0 Å². The lowest BCUT2D eigenvalue weighted by atomic mass is 10.0. The highest BCUT2D eigenvalue weighted by Crippen LogP contribution is 2.34. The molecule has 1 aromatic heterocycles. The zero-order valence-corrected chi connectivity index (χ0v) is 20.2. The first-order chi connectivity index (χ1) is 16.2. The van der Waals surface area contributed by atoms with Crippen molar-refractivity contribution in [3.63, 3.8) is 0 Å². The smallest absolute Gasteiger partial charge is 0.0991 e. The fourth-order valence-corrected chi connectivity index (χ4v) is 4.90. The van der Waals surface area contributed by atoms with Crippen LogP contribution in [0.4, 0.5) is 0 Å². The number of benzene rings is 3. The maximum Gasteiger partial charge on any atom is 0.0991 e. The van der Waals surface area contributed by atoms with Gasteiger partial charge in [0.15, 0.2) is 0 Å². The van der Waals surface area contributed by atoms with Gasteiger partial charge in [0.25, 0.3) is 0 Å². The van der Waals surface area contributed by atoms with Crippen LogP contribution in [-0.4, -0.2) is 4.57 Å². The zero-order valence-electron chi connectivity index (χ0n) is 20.2. The molecule has 0 aliphatic carbocycles. The summed E-state index contributed by atoms with van der Waals surface area (Å²) in [5, 5.41) is 11.9. The Morgan fingerprint density at radius 3 is 1.61 bits per heavy atom. The number of rotatable bonds is 11. The fourth-order valence-electron chi connectivity index (χ4n) is 4.90. The van der Waals surface area contributed by atoms with Crippen molar-refractivity contribution in [2.24, 2.45) is 0 Å². The first-order valence-corrected chi connectivity index (χ1v) is 12.8. The molecule has 170 valence electrons. The maximum absolute atomic E-state index is 9.22. The Morgan fingerprint density at radius 2 is 1.15 bits per heavy atom. The molecule has 0 saturated heterocycles. The van der Waals surface area contributed by atoms with Crippen LogP contribution in [0.25, 0.3) is 27.5 Å². The van der Waals surface area contributed by atoms with E-state index in [1.54, 1.807) is 0 Å². The minimum Gasteiger partial charge on any atom is -0.309 e. The Labute approximate surface area is 198 Å². The Kier molecular flexibility index (Phi) is 7.84. The van der Waals surface area contributed by atoms with Crippen molar-refractivity contribution in [2.45, 2.75) is 78.1 Å². The summed E-state index contributed by atoms with van der Waals surface area (Å²) in [6, 6.07) is 24.2. The van der Waals surface area contributed by atoms with Crippen LogP contribution < -0.4 is 0 Å². The van der Waals surface area contributed by atoms with E-state index < -0.39 is 0 Å². The van der Waals surface area contributed by atoms with Crippen LogP contribution in [0.15, 0.2) is 60.7 Å². The lowest BCUT2D eigenvalue weighted by Gasteiger charge is -2.09. The molecular formula is C31H36N2. The predicted octanol–water partition coefficient (Wildman–Crippen LogP) is 8.90. The maximum atomic E-state index is 9.22. The lowest BCUT2D eigenvalue weighted by molar-refractivity contribution is 0.667. The molecular weight excluding hydrogens is 400 g/mol. The number of hydrogen-bond acceptors (Lipinski definition) is 1. The van der Waals surface area contributed by atoms with Gasteiger partial charge in [0, 0.05) is 16.5 Å².